The maximum atomic E-state index is 13.2. The molecule has 1 aliphatic rings. The molecule has 0 saturated heterocycles. The van der Waals surface area contributed by atoms with Crippen LogP contribution in [0, 0.1) is 0 Å². The fourth-order valence-corrected chi connectivity index (χ4v) is 4.90. The number of nitrogens with one attached hydrogen (secondary N) is 1. The number of fused-ring (bicyclic) bond motifs is 1. The van der Waals surface area contributed by atoms with Crippen molar-refractivity contribution in [1.82, 2.24) is 5.32 Å². The second kappa shape index (κ2) is 7.03. The van der Waals surface area contributed by atoms with E-state index in [2.05, 4.69) is 5.32 Å². The van der Waals surface area contributed by atoms with Crippen LogP contribution in [0.5, 0.6) is 0 Å². The molecule has 0 aliphatic carbocycles. The number of carbonyl (C=O) groups excluding carboxylic acids is 1. The molecule has 2 aromatic carbocycles. The molecule has 3 rings (SSSR count). The van der Waals surface area contributed by atoms with Gasteiger partial charge in [-0.05, 0) is 50.1 Å². The molecule has 2 aromatic rings. The molecule has 0 saturated carbocycles. The van der Waals surface area contributed by atoms with Crippen LogP contribution in [0.2, 0.25) is 0 Å². The Morgan fingerprint density at radius 2 is 1.89 bits per heavy atom. The zero-order valence-corrected chi connectivity index (χ0v) is 15.7. The van der Waals surface area contributed by atoms with Crippen LogP contribution in [-0.4, -0.2) is 37.5 Å². The highest BCUT2D eigenvalue weighted by Crippen LogP contribution is 2.36. The molecule has 1 unspecified atom stereocenters. The Labute approximate surface area is 157 Å². The maximum Gasteiger partial charge on any atom is 0.325 e. The summed E-state index contributed by atoms with van der Waals surface area (Å²) in [6.07, 6.45) is 0.617. The van der Waals surface area contributed by atoms with Crippen LogP contribution < -0.4 is 9.62 Å². The molecular formula is C19H20N2O5S. The number of rotatable bonds is 5. The van der Waals surface area contributed by atoms with Gasteiger partial charge in [-0.1, -0.05) is 24.3 Å². The lowest BCUT2D eigenvalue weighted by atomic mass is 10.1. The lowest BCUT2D eigenvalue weighted by molar-refractivity contribution is -0.138. The minimum atomic E-state index is -3.87. The van der Waals surface area contributed by atoms with Crippen molar-refractivity contribution in [3.63, 3.8) is 0 Å². The van der Waals surface area contributed by atoms with Gasteiger partial charge in [0.2, 0.25) is 0 Å². The highest BCUT2D eigenvalue weighted by molar-refractivity contribution is 7.92. The second-order valence-electron chi connectivity index (χ2n) is 6.54. The molecule has 2 N–H and O–H groups in total. The highest BCUT2D eigenvalue weighted by Gasteiger charge is 2.36. The minimum Gasteiger partial charge on any atom is -0.480 e. The van der Waals surface area contributed by atoms with E-state index < -0.39 is 27.9 Å². The van der Waals surface area contributed by atoms with Crippen molar-refractivity contribution in [3.05, 3.63) is 59.7 Å². The predicted molar refractivity (Wildman–Crippen MR) is 100 cm³/mol. The molecule has 1 aliphatic heterocycles. The topological polar surface area (TPSA) is 104 Å². The van der Waals surface area contributed by atoms with Crippen LogP contribution in [0.3, 0.4) is 0 Å². The van der Waals surface area contributed by atoms with Gasteiger partial charge < -0.3 is 10.4 Å². The lowest BCUT2D eigenvalue weighted by Crippen LogP contribution is -2.38. The van der Waals surface area contributed by atoms with Crippen molar-refractivity contribution in [2.45, 2.75) is 37.2 Å². The second-order valence-corrected chi connectivity index (χ2v) is 8.36. The summed E-state index contributed by atoms with van der Waals surface area (Å²) in [5.74, 6) is -1.81. The normalized spacial score (nSPS) is 17.3. The molecule has 0 spiro atoms. The number of nitrogens with zero attached hydrogens (tertiary/aromatic N) is 1. The highest BCUT2D eigenvalue weighted by atomic mass is 32.2. The fourth-order valence-electron chi connectivity index (χ4n) is 3.16. The average Bonchev–Trinajstić information content (AvgIpc) is 2.98. The number of aliphatic carboxylic acids is 1. The summed E-state index contributed by atoms with van der Waals surface area (Å²) in [4.78, 5) is 23.1. The molecule has 0 bridgehead atoms. The summed E-state index contributed by atoms with van der Waals surface area (Å²) < 4.78 is 27.8. The van der Waals surface area contributed by atoms with Crippen molar-refractivity contribution in [1.29, 1.82) is 0 Å². The minimum absolute atomic E-state index is 0.0123. The number of carbonyl (C=O) groups is 2. The summed E-state index contributed by atoms with van der Waals surface area (Å²) >= 11 is 0. The molecular weight excluding hydrogens is 368 g/mol. The van der Waals surface area contributed by atoms with Gasteiger partial charge in [0.15, 0.2) is 0 Å². The van der Waals surface area contributed by atoms with Crippen LogP contribution in [0.1, 0.15) is 29.8 Å². The van der Waals surface area contributed by atoms with Crippen molar-refractivity contribution < 1.29 is 23.1 Å². The summed E-state index contributed by atoms with van der Waals surface area (Å²) in [6, 6.07) is 11.6. The number of anilines is 1. The number of hydrogen-bond acceptors (Lipinski definition) is 4. The number of carboxylic acid groups (broad SMARTS) is 1. The summed E-state index contributed by atoms with van der Waals surface area (Å²) in [7, 11) is -3.87. The molecule has 2 atom stereocenters. The quantitative estimate of drug-likeness (QED) is 0.816. The molecule has 142 valence electrons. The third-order valence-electron chi connectivity index (χ3n) is 4.52. The fraction of sp³-hybridized carbons (Fsp3) is 0.263. The number of sulfonamides is 1. The van der Waals surface area contributed by atoms with E-state index in [1.807, 2.05) is 19.1 Å². The van der Waals surface area contributed by atoms with Gasteiger partial charge in [0, 0.05) is 11.6 Å². The molecule has 27 heavy (non-hydrogen) atoms. The first-order valence-corrected chi connectivity index (χ1v) is 9.92. The third kappa shape index (κ3) is 3.52. The van der Waals surface area contributed by atoms with E-state index in [0.29, 0.717) is 12.1 Å². The zero-order chi connectivity index (χ0) is 19.8. The number of hydrogen-bond donors (Lipinski definition) is 2. The Morgan fingerprint density at radius 1 is 1.19 bits per heavy atom. The Morgan fingerprint density at radius 3 is 2.59 bits per heavy atom. The van der Waals surface area contributed by atoms with E-state index in [9.17, 15) is 18.0 Å². The molecule has 1 amide bonds. The maximum absolute atomic E-state index is 13.2. The Kier molecular flexibility index (Phi) is 4.93. The van der Waals surface area contributed by atoms with Crippen molar-refractivity contribution in [3.8, 4) is 0 Å². The van der Waals surface area contributed by atoms with E-state index in [-0.39, 0.29) is 16.5 Å². The summed E-state index contributed by atoms with van der Waals surface area (Å²) in [5.41, 5.74) is 1.68. The van der Waals surface area contributed by atoms with Gasteiger partial charge in [0.1, 0.15) is 6.04 Å². The Bertz CT molecular complexity index is 1000. The number of benzene rings is 2. The van der Waals surface area contributed by atoms with Gasteiger partial charge in [-0.15, -0.1) is 0 Å². The van der Waals surface area contributed by atoms with Crippen molar-refractivity contribution in [2.75, 3.05) is 4.31 Å². The predicted octanol–water partition coefficient (Wildman–Crippen LogP) is 2.03. The van der Waals surface area contributed by atoms with E-state index in [1.54, 1.807) is 12.1 Å². The van der Waals surface area contributed by atoms with E-state index in [0.717, 1.165) is 5.56 Å². The zero-order valence-electron chi connectivity index (χ0n) is 14.9. The van der Waals surface area contributed by atoms with E-state index in [1.165, 1.54) is 35.5 Å². The first-order valence-electron chi connectivity index (χ1n) is 8.48. The smallest absolute Gasteiger partial charge is 0.325 e. The van der Waals surface area contributed by atoms with Gasteiger partial charge in [-0.3, -0.25) is 13.9 Å². The Balaban J connectivity index is 1.95. The molecule has 0 fully saturated rings. The van der Waals surface area contributed by atoms with Crippen molar-refractivity contribution in [2.24, 2.45) is 0 Å². The molecule has 0 aromatic heterocycles. The van der Waals surface area contributed by atoms with Crippen LogP contribution in [0.15, 0.2) is 53.4 Å². The van der Waals surface area contributed by atoms with Crippen LogP contribution in [0.25, 0.3) is 0 Å². The van der Waals surface area contributed by atoms with Crippen LogP contribution >= 0.6 is 0 Å². The number of para-hydroxylation sites is 1. The van der Waals surface area contributed by atoms with Crippen LogP contribution in [-0.2, 0) is 21.2 Å². The summed E-state index contributed by atoms with van der Waals surface area (Å²) in [5, 5.41) is 11.2. The van der Waals surface area contributed by atoms with Gasteiger partial charge in [0.05, 0.1) is 10.6 Å². The first kappa shape index (κ1) is 18.9. The monoisotopic (exact) mass is 388 g/mol. The summed E-state index contributed by atoms with van der Waals surface area (Å²) in [6.45, 7) is 3.17. The van der Waals surface area contributed by atoms with Gasteiger partial charge in [0.25, 0.3) is 15.9 Å². The van der Waals surface area contributed by atoms with Gasteiger partial charge in [-0.2, -0.15) is 0 Å². The molecule has 1 heterocycles. The SMILES string of the molecule is CC1Cc2ccccc2N1S(=O)(=O)c1cccc(C(=O)N[C@H](C)C(=O)O)c1. The molecule has 0 radical (unpaired) electrons. The van der Waals surface area contributed by atoms with Gasteiger partial charge >= 0.3 is 5.97 Å². The molecule has 7 nitrogen and oxygen atoms in total. The lowest BCUT2D eigenvalue weighted by Gasteiger charge is -2.24. The standard InChI is InChI=1S/C19H20N2O5S/c1-12-10-14-6-3-4-9-17(14)21(12)27(25,26)16-8-5-7-15(11-16)18(22)20-13(2)19(23)24/h3-9,11-13H,10H2,1-2H3,(H,20,22)(H,23,24)/t12?,13-/m1/s1. The van der Waals surface area contributed by atoms with Crippen molar-refractivity contribution >= 4 is 27.6 Å². The van der Waals surface area contributed by atoms with Gasteiger partial charge in [-0.25, -0.2) is 8.42 Å². The van der Waals surface area contributed by atoms with Crippen LogP contribution in [0.4, 0.5) is 5.69 Å². The Hall–Kier alpha value is -2.87. The number of amides is 1. The number of carboxylic acids is 1. The average molecular weight is 388 g/mol. The third-order valence-corrected chi connectivity index (χ3v) is 6.44. The van der Waals surface area contributed by atoms with E-state index in [4.69, 9.17) is 5.11 Å². The first-order chi connectivity index (χ1) is 12.7. The largest absolute Gasteiger partial charge is 0.480 e. The molecule has 8 heteroatoms. The van der Waals surface area contributed by atoms with E-state index >= 15 is 0 Å².